The maximum atomic E-state index is 12.4. The van der Waals surface area contributed by atoms with Crippen LogP contribution in [0.25, 0.3) is 0 Å². The predicted molar refractivity (Wildman–Crippen MR) is 68.8 cm³/mol. The van der Waals surface area contributed by atoms with Crippen LogP contribution in [0.15, 0.2) is 6.07 Å². The Labute approximate surface area is 112 Å². The summed E-state index contributed by atoms with van der Waals surface area (Å²) in [6.45, 7) is 3.74. The van der Waals surface area contributed by atoms with Crippen LogP contribution in [0.3, 0.4) is 0 Å². The molecule has 1 amide bonds. The first kappa shape index (κ1) is 13.6. The third-order valence-corrected chi connectivity index (χ3v) is 3.47. The SMILES string of the molecule is Cc1cc(C(=O)N(CC(C)C(=O)O)C2CC2)nn1C. The number of carbonyl (C=O) groups excluding carboxylic acids is 1. The van der Waals surface area contributed by atoms with E-state index in [1.807, 2.05) is 6.92 Å². The summed E-state index contributed by atoms with van der Waals surface area (Å²) < 4.78 is 1.65. The molecule has 6 nitrogen and oxygen atoms in total. The lowest BCUT2D eigenvalue weighted by Gasteiger charge is -2.23. The molecular formula is C13H19N3O3. The molecule has 1 fully saturated rings. The maximum Gasteiger partial charge on any atom is 0.308 e. The van der Waals surface area contributed by atoms with E-state index in [0.29, 0.717) is 5.69 Å². The van der Waals surface area contributed by atoms with E-state index in [1.54, 1.807) is 29.6 Å². The summed E-state index contributed by atoms with van der Waals surface area (Å²) in [7, 11) is 1.79. The van der Waals surface area contributed by atoms with Gasteiger partial charge in [-0.05, 0) is 25.8 Å². The van der Waals surface area contributed by atoms with E-state index in [2.05, 4.69) is 5.10 Å². The van der Waals surface area contributed by atoms with E-state index >= 15 is 0 Å². The Hall–Kier alpha value is -1.85. The highest BCUT2D eigenvalue weighted by Gasteiger charge is 2.35. The fraction of sp³-hybridized carbons (Fsp3) is 0.615. The third kappa shape index (κ3) is 2.94. The van der Waals surface area contributed by atoms with E-state index in [4.69, 9.17) is 5.11 Å². The number of carboxylic acid groups (broad SMARTS) is 1. The second-order valence-electron chi connectivity index (χ2n) is 5.22. The number of rotatable bonds is 5. The lowest BCUT2D eigenvalue weighted by Crippen LogP contribution is -2.38. The molecule has 1 N–H and O–H groups in total. The average Bonchev–Trinajstić information content (AvgIpc) is 3.12. The number of hydrogen-bond donors (Lipinski definition) is 1. The van der Waals surface area contributed by atoms with Gasteiger partial charge in [-0.15, -0.1) is 0 Å². The van der Waals surface area contributed by atoms with Crippen LogP contribution in [-0.2, 0) is 11.8 Å². The Morgan fingerprint density at radius 1 is 1.58 bits per heavy atom. The summed E-state index contributed by atoms with van der Waals surface area (Å²) >= 11 is 0. The second kappa shape index (κ2) is 5.03. The number of aliphatic carboxylic acids is 1. The van der Waals surface area contributed by atoms with E-state index < -0.39 is 11.9 Å². The first-order valence-corrected chi connectivity index (χ1v) is 6.44. The van der Waals surface area contributed by atoms with Crippen LogP contribution in [0.2, 0.25) is 0 Å². The smallest absolute Gasteiger partial charge is 0.308 e. The van der Waals surface area contributed by atoms with Crippen LogP contribution in [0.5, 0.6) is 0 Å². The minimum absolute atomic E-state index is 0.167. The van der Waals surface area contributed by atoms with Crippen LogP contribution in [0.4, 0.5) is 0 Å². The van der Waals surface area contributed by atoms with Gasteiger partial charge in [0, 0.05) is 25.3 Å². The van der Waals surface area contributed by atoms with Crippen molar-refractivity contribution in [1.29, 1.82) is 0 Å². The minimum atomic E-state index is -0.879. The molecule has 1 aromatic heterocycles. The molecular weight excluding hydrogens is 246 g/mol. The van der Waals surface area contributed by atoms with Crippen molar-refractivity contribution in [3.8, 4) is 0 Å². The highest BCUT2D eigenvalue weighted by atomic mass is 16.4. The van der Waals surface area contributed by atoms with Gasteiger partial charge in [-0.25, -0.2) is 0 Å². The molecule has 19 heavy (non-hydrogen) atoms. The van der Waals surface area contributed by atoms with Crippen molar-refractivity contribution < 1.29 is 14.7 Å². The van der Waals surface area contributed by atoms with Crippen molar-refractivity contribution in [2.45, 2.75) is 32.7 Å². The lowest BCUT2D eigenvalue weighted by molar-refractivity contribution is -0.141. The molecule has 1 aliphatic carbocycles. The van der Waals surface area contributed by atoms with E-state index in [1.165, 1.54) is 0 Å². The van der Waals surface area contributed by atoms with Gasteiger partial charge in [0.25, 0.3) is 5.91 Å². The first-order valence-electron chi connectivity index (χ1n) is 6.44. The number of aromatic nitrogens is 2. The summed E-state index contributed by atoms with van der Waals surface area (Å²) in [5.74, 6) is -1.61. The van der Waals surface area contributed by atoms with Gasteiger partial charge in [0.05, 0.1) is 5.92 Å². The van der Waals surface area contributed by atoms with Gasteiger partial charge in [-0.1, -0.05) is 6.92 Å². The highest BCUT2D eigenvalue weighted by Crippen LogP contribution is 2.29. The highest BCUT2D eigenvalue weighted by molar-refractivity contribution is 5.93. The van der Waals surface area contributed by atoms with Crippen LogP contribution >= 0.6 is 0 Å². The topological polar surface area (TPSA) is 75.4 Å². The molecule has 1 unspecified atom stereocenters. The number of carboxylic acids is 1. The molecule has 1 aliphatic rings. The second-order valence-corrected chi connectivity index (χ2v) is 5.22. The molecule has 1 heterocycles. The van der Waals surface area contributed by atoms with E-state index in [0.717, 1.165) is 18.5 Å². The van der Waals surface area contributed by atoms with Gasteiger partial charge in [0.2, 0.25) is 0 Å². The van der Waals surface area contributed by atoms with Crippen LogP contribution in [0.1, 0.15) is 35.9 Å². The largest absolute Gasteiger partial charge is 0.481 e. The van der Waals surface area contributed by atoms with Crippen molar-refractivity contribution in [1.82, 2.24) is 14.7 Å². The molecule has 0 aliphatic heterocycles. The van der Waals surface area contributed by atoms with Crippen LogP contribution in [-0.4, -0.2) is 44.3 Å². The monoisotopic (exact) mass is 265 g/mol. The summed E-state index contributed by atoms with van der Waals surface area (Å²) in [5.41, 5.74) is 1.30. The number of amides is 1. The van der Waals surface area contributed by atoms with Crippen molar-refractivity contribution in [2.75, 3.05) is 6.54 Å². The van der Waals surface area contributed by atoms with Gasteiger partial charge >= 0.3 is 5.97 Å². The summed E-state index contributed by atoms with van der Waals surface area (Å²) in [6.07, 6.45) is 1.90. The molecule has 0 bridgehead atoms. The molecule has 1 saturated carbocycles. The van der Waals surface area contributed by atoms with Crippen molar-refractivity contribution in [3.63, 3.8) is 0 Å². The van der Waals surface area contributed by atoms with Crippen LogP contribution < -0.4 is 0 Å². The molecule has 0 spiro atoms. The number of hydrogen-bond acceptors (Lipinski definition) is 3. The molecule has 0 radical (unpaired) electrons. The first-order chi connectivity index (χ1) is 8.90. The molecule has 0 aromatic carbocycles. The summed E-state index contributed by atoms with van der Waals surface area (Å²) in [6, 6.07) is 1.92. The van der Waals surface area contributed by atoms with Crippen LogP contribution in [0, 0.1) is 12.8 Å². The van der Waals surface area contributed by atoms with Crippen molar-refractivity contribution in [2.24, 2.45) is 13.0 Å². The molecule has 6 heteroatoms. The zero-order valence-electron chi connectivity index (χ0n) is 11.5. The van der Waals surface area contributed by atoms with E-state index in [-0.39, 0.29) is 18.5 Å². The lowest BCUT2D eigenvalue weighted by atomic mass is 10.1. The Kier molecular flexibility index (Phi) is 3.59. The quantitative estimate of drug-likeness (QED) is 0.863. The molecule has 1 atom stereocenters. The van der Waals surface area contributed by atoms with Gasteiger partial charge in [-0.3, -0.25) is 14.3 Å². The van der Waals surface area contributed by atoms with Crippen molar-refractivity contribution in [3.05, 3.63) is 17.5 Å². The van der Waals surface area contributed by atoms with Gasteiger partial charge < -0.3 is 10.0 Å². The molecule has 1 aromatic rings. The van der Waals surface area contributed by atoms with Crippen molar-refractivity contribution >= 4 is 11.9 Å². The molecule has 0 saturated heterocycles. The summed E-state index contributed by atoms with van der Waals surface area (Å²) in [4.78, 5) is 25.0. The Balaban J connectivity index is 2.15. The Bertz CT molecular complexity index is 486. The number of carbonyl (C=O) groups is 2. The van der Waals surface area contributed by atoms with Gasteiger partial charge in [0.15, 0.2) is 5.69 Å². The normalized spacial score (nSPS) is 16.2. The van der Waals surface area contributed by atoms with E-state index in [9.17, 15) is 9.59 Å². The zero-order chi connectivity index (χ0) is 14.2. The third-order valence-electron chi connectivity index (χ3n) is 3.47. The number of aryl methyl sites for hydroxylation is 2. The average molecular weight is 265 g/mol. The predicted octanol–water partition coefficient (Wildman–Crippen LogP) is 1.05. The fourth-order valence-electron chi connectivity index (χ4n) is 1.97. The standard InChI is InChI=1S/C13H19N3O3/c1-8(13(18)19)7-16(10-4-5-10)12(17)11-6-9(2)15(3)14-11/h6,8,10H,4-5,7H2,1-3H3,(H,18,19). The maximum absolute atomic E-state index is 12.4. The number of nitrogens with zero attached hydrogens (tertiary/aromatic N) is 3. The van der Waals surface area contributed by atoms with Gasteiger partial charge in [-0.2, -0.15) is 5.10 Å². The van der Waals surface area contributed by atoms with Gasteiger partial charge in [0.1, 0.15) is 0 Å². The summed E-state index contributed by atoms with van der Waals surface area (Å²) in [5, 5.41) is 13.1. The minimum Gasteiger partial charge on any atom is -0.481 e. The Morgan fingerprint density at radius 2 is 2.21 bits per heavy atom. The Morgan fingerprint density at radius 3 is 2.63 bits per heavy atom. The molecule has 104 valence electrons. The molecule has 2 rings (SSSR count). The fourth-order valence-corrected chi connectivity index (χ4v) is 1.97. The zero-order valence-corrected chi connectivity index (χ0v) is 11.5.